The summed E-state index contributed by atoms with van der Waals surface area (Å²) < 4.78 is 1.89. The third kappa shape index (κ3) is 1.68. The molecule has 1 aromatic carbocycles. The van der Waals surface area contributed by atoms with Crippen LogP contribution in [0.2, 0.25) is 0 Å². The summed E-state index contributed by atoms with van der Waals surface area (Å²) in [6.07, 6.45) is 0. The van der Waals surface area contributed by atoms with Crippen LogP contribution in [-0.4, -0.2) is 14.8 Å². The zero-order valence-corrected chi connectivity index (χ0v) is 10.8. The van der Waals surface area contributed by atoms with Crippen molar-refractivity contribution in [2.24, 2.45) is 0 Å². The molecule has 0 saturated carbocycles. The van der Waals surface area contributed by atoms with Gasteiger partial charge in [0.25, 0.3) is 0 Å². The number of rotatable bonds is 1. The molecule has 3 aromatic rings. The van der Waals surface area contributed by atoms with Gasteiger partial charge in [-0.15, -0.1) is 0 Å². The third-order valence-electron chi connectivity index (χ3n) is 3.13. The summed E-state index contributed by atoms with van der Waals surface area (Å²) >= 11 is 0. The Hall–Kier alpha value is -2.16. The van der Waals surface area contributed by atoms with Crippen LogP contribution in [0.25, 0.3) is 16.7 Å². The molecule has 0 radical (unpaired) electrons. The lowest BCUT2D eigenvalue weighted by atomic mass is 10.1. The molecule has 0 bridgehead atoms. The highest BCUT2D eigenvalue weighted by Crippen LogP contribution is 2.19. The number of fused-ring (bicyclic) bond motifs is 1. The Balaban J connectivity index is 2.25. The molecule has 0 aliphatic rings. The standard InChI is InChI=1S/C15H15N3/c1-10-5-4-6-13-7-8-14(16-15(10)13)18-12(3)9-11(2)17-18/h4-9H,1-3H3. The maximum Gasteiger partial charge on any atom is 0.154 e. The van der Waals surface area contributed by atoms with Crippen molar-refractivity contribution >= 4 is 10.9 Å². The van der Waals surface area contributed by atoms with Crippen molar-refractivity contribution in [2.45, 2.75) is 20.8 Å². The van der Waals surface area contributed by atoms with E-state index in [0.717, 1.165) is 22.7 Å². The Morgan fingerprint density at radius 2 is 1.83 bits per heavy atom. The van der Waals surface area contributed by atoms with Gasteiger partial charge in [-0.05, 0) is 44.5 Å². The van der Waals surface area contributed by atoms with E-state index in [9.17, 15) is 0 Å². The first-order chi connectivity index (χ1) is 8.65. The van der Waals surface area contributed by atoms with Crippen molar-refractivity contribution in [1.82, 2.24) is 14.8 Å². The highest BCUT2D eigenvalue weighted by atomic mass is 15.3. The molecule has 0 fully saturated rings. The topological polar surface area (TPSA) is 30.7 Å². The van der Waals surface area contributed by atoms with Crippen LogP contribution in [0.3, 0.4) is 0 Å². The lowest BCUT2D eigenvalue weighted by Crippen LogP contribution is -2.02. The highest BCUT2D eigenvalue weighted by Gasteiger charge is 2.06. The molecule has 0 saturated heterocycles. The lowest BCUT2D eigenvalue weighted by molar-refractivity contribution is 0.810. The van der Waals surface area contributed by atoms with Crippen molar-refractivity contribution in [2.75, 3.05) is 0 Å². The number of hydrogen-bond donors (Lipinski definition) is 0. The zero-order valence-electron chi connectivity index (χ0n) is 10.8. The van der Waals surface area contributed by atoms with Crippen molar-refractivity contribution in [3.8, 4) is 5.82 Å². The molecule has 3 rings (SSSR count). The molecule has 2 heterocycles. The van der Waals surface area contributed by atoms with Gasteiger partial charge in [0.05, 0.1) is 11.2 Å². The van der Waals surface area contributed by atoms with Crippen LogP contribution in [0.15, 0.2) is 36.4 Å². The largest absolute Gasteiger partial charge is 0.228 e. The summed E-state index contributed by atoms with van der Waals surface area (Å²) in [4.78, 5) is 4.72. The van der Waals surface area contributed by atoms with Crippen LogP contribution >= 0.6 is 0 Å². The summed E-state index contributed by atoms with van der Waals surface area (Å²) in [6, 6.07) is 12.4. The van der Waals surface area contributed by atoms with E-state index in [1.807, 2.05) is 24.6 Å². The lowest BCUT2D eigenvalue weighted by Gasteiger charge is -2.06. The summed E-state index contributed by atoms with van der Waals surface area (Å²) in [5.74, 6) is 0.877. The summed E-state index contributed by atoms with van der Waals surface area (Å²) in [5.41, 5.74) is 4.35. The van der Waals surface area contributed by atoms with Gasteiger partial charge in [-0.1, -0.05) is 18.2 Å². The van der Waals surface area contributed by atoms with Gasteiger partial charge in [0.2, 0.25) is 0 Å². The Labute approximate surface area is 106 Å². The fourth-order valence-electron chi connectivity index (χ4n) is 2.26. The molecular weight excluding hydrogens is 222 g/mol. The second kappa shape index (κ2) is 3.95. The van der Waals surface area contributed by atoms with Gasteiger partial charge in [-0.25, -0.2) is 9.67 Å². The van der Waals surface area contributed by atoms with E-state index in [1.165, 1.54) is 10.9 Å². The van der Waals surface area contributed by atoms with E-state index in [0.29, 0.717) is 0 Å². The van der Waals surface area contributed by atoms with Crippen LogP contribution in [0.4, 0.5) is 0 Å². The smallest absolute Gasteiger partial charge is 0.154 e. The second-order valence-corrected chi connectivity index (χ2v) is 4.65. The van der Waals surface area contributed by atoms with E-state index in [1.54, 1.807) is 0 Å². The quantitative estimate of drug-likeness (QED) is 0.650. The summed E-state index contributed by atoms with van der Waals surface area (Å²) in [7, 11) is 0. The first kappa shape index (κ1) is 11.0. The van der Waals surface area contributed by atoms with Gasteiger partial charge in [0.1, 0.15) is 0 Å². The van der Waals surface area contributed by atoms with E-state index >= 15 is 0 Å². The molecule has 3 heteroatoms. The number of pyridine rings is 1. The summed E-state index contributed by atoms with van der Waals surface area (Å²) in [5, 5.41) is 5.64. The molecule has 90 valence electrons. The maximum atomic E-state index is 4.72. The van der Waals surface area contributed by atoms with Gasteiger partial charge in [0.15, 0.2) is 5.82 Å². The van der Waals surface area contributed by atoms with Gasteiger partial charge in [-0.3, -0.25) is 0 Å². The third-order valence-corrected chi connectivity index (χ3v) is 3.13. The summed E-state index contributed by atoms with van der Waals surface area (Å²) in [6.45, 7) is 6.12. The number of benzene rings is 1. The van der Waals surface area contributed by atoms with Crippen molar-refractivity contribution < 1.29 is 0 Å². The Morgan fingerprint density at radius 1 is 1.00 bits per heavy atom. The maximum absolute atomic E-state index is 4.72. The minimum atomic E-state index is 0.877. The van der Waals surface area contributed by atoms with Crippen molar-refractivity contribution in [1.29, 1.82) is 0 Å². The fourth-order valence-corrected chi connectivity index (χ4v) is 2.26. The first-order valence-electron chi connectivity index (χ1n) is 6.05. The zero-order chi connectivity index (χ0) is 12.7. The Bertz CT molecular complexity index is 726. The van der Waals surface area contributed by atoms with Gasteiger partial charge in [-0.2, -0.15) is 5.10 Å². The van der Waals surface area contributed by atoms with E-state index in [4.69, 9.17) is 4.98 Å². The number of hydrogen-bond acceptors (Lipinski definition) is 2. The molecule has 0 N–H and O–H groups in total. The molecule has 0 unspecified atom stereocenters. The minimum Gasteiger partial charge on any atom is -0.228 e. The fraction of sp³-hybridized carbons (Fsp3) is 0.200. The average molecular weight is 237 g/mol. The molecular formula is C15H15N3. The predicted molar refractivity (Wildman–Crippen MR) is 73.1 cm³/mol. The van der Waals surface area contributed by atoms with E-state index in [-0.39, 0.29) is 0 Å². The number of para-hydroxylation sites is 1. The van der Waals surface area contributed by atoms with Crippen molar-refractivity contribution in [3.05, 3.63) is 53.3 Å². The normalized spacial score (nSPS) is 11.1. The Morgan fingerprint density at radius 3 is 2.56 bits per heavy atom. The Kier molecular flexibility index (Phi) is 2.40. The molecule has 0 aliphatic carbocycles. The van der Waals surface area contributed by atoms with Crippen LogP contribution in [-0.2, 0) is 0 Å². The van der Waals surface area contributed by atoms with Crippen molar-refractivity contribution in [3.63, 3.8) is 0 Å². The average Bonchev–Trinajstić information content (AvgIpc) is 2.69. The molecule has 2 aromatic heterocycles. The first-order valence-corrected chi connectivity index (χ1v) is 6.05. The molecule has 0 spiro atoms. The van der Waals surface area contributed by atoms with Crippen LogP contribution in [0, 0.1) is 20.8 Å². The van der Waals surface area contributed by atoms with Gasteiger partial charge < -0.3 is 0 Å². The number of aromatic nitrogens is 3. The van der Waals surface area contributed by atoms with Gasteiger partial charge >= 0.3 is 0 Å². The van der Waals surface area contributed by atoms with Crippen LogP contribution in [0.1, 0.15) is 17.0 Å². The SMILES string of the molecule is Cc1cc(C)n(-c2ccc3cccc(C)c3n2)n1. The molecule has 0 atom stereocenters. The van der Waals surface area contributed by atoms with E-state index < -0.39 is 0 Å². The van der Waals surface area contributed by atoms with Crippen LogP contribution < -0.4 is 0 Å². The van der Waals surface area contributed by atoms with Gasteiger partial charge in [0, 0.05) is 11.1 Å². The number of nitrogens with zero attached hydrogens (tertiary/aromatic N) is 3. The molecule has 0 aliphatic heterocycles. The second-order valence-electron chi connectivity index (χ2n) is 4.65. The molecule has 3 nitrogen and oxygen atoms in total. The highest BCUT2D eigenvalue weighted by molar-refractivity contribution is 5.82. The molecule has 0 amide bonds. The predicted octanol–water partition coefficient (Wildman–Crippen LogP) is 3.35. The number of aryl methyl sites for hydroxylation is 3. The molecule has 18 heavy (non-hydrogen) atoms. The van der Waals surface area contributed by atoms with E-state index in [2.05, 4.69) is 42.4 Å². The monoisotopic (exact) mass is 237 g/mol. The van der Waals surface area contributed by atoms with Crippen LogP contribution in [0.5, 0.6) is 0 Å². The minimum absolute atomic E-state index is 0.877.